The fourth-order valence-electron chi connectivity index (χ4n) is 0.704. The molecular weight excluding hydrogens is 159 g/mol. The van der Waals surface area contributed by atoms with Crippen molar-refractivity contribution >= 4 is 29.9 Å². The third-order valence-corrected chi connectivity index (χ3v) is 2.14. The molecule has 0 atom stereocenters. The van der Waals surface area contributed by atoms with Crippen molar-refractivity contribution in [2.24, 2.45) is 0 Å². The molecule has 0 spiro atoms. The fourth-order valence-corrected chi connectivity index (χ4v) is 1.47. The molecule has 0 aliphatic carbocycles. The first kappa shape index (κ1) is 8.33. The molecule has 4 heteroatoms. The second-order valence-corrected chi connectivity index (χ2v) is 3.26. The number of thiophene rings is 1. The number of hydrogen-bond acceptors (Lipinski definition) is 3. The van der Waals surface area contributed by atoms with E-state index in [2.05, 4.69) is 4.74 Å². The molecule has 0 saturated carbocycles. The van der Waals surface area contributed by atoms with Crippen molar-refractivity contribution in [2.45, 2.75) is 6.42 Å². The maximum Gasteiger partial charge on any atom is 0.310 e. The van der Waals surface area contributed by atoms with E-state index in [-0.39, 0.29) is 5.97 Å². The van der Waals surface area contributed by atoms with Gasteiger partial charge in [0.25, 0.3) is 0 Å². The van der Waals surface area contributed by atoms with Crippen molar-refractivity contribution in [1.29, 1.82) is 0 Å². The number of ether oxygens (including phenoxy) is 1. The predicted molar refractivity (Wildman–Crippen MR) is 45.4 cm³/mol. The Kier molecular flexibility index (Phi) is 2.71. The third kappa shape index (κ3) is 2.39. The van der Waals surface area contributed by atoms with Crippen molar-refractivity contribution in [2.75, 3.05) is 7.11 Å². The minimum atomic E-state index is -0.230. The summed E-state index contributed by atoms with van der Waals surface area (Å²) in [4.78, 5) is 11.7. The maximum atomic E-state index is 10.7. The summed E-state index contributed by atoms with van der Waals surface area (Å²) < 4.78 is 5.22. The van der Waals surface area contributed by atoms with Gasteiger partial charge in [-0.25, -0.2) is 0 Å². The lowest BCUT2D eigenvalue weighted by molar-refractivity contribution is -0.139. The van der Waals surface area contributed by atoms with E-state index in [1.54, 1.807) is 6.07 Å². The highest BCUT2D eigenvalue weighted by Gasteiger charge is 2.03. The molecule has 1 rings (SSSR count). The van der Waals surface area contributed by atoms with Crippen molar-refractivity contribution in [3.63, 3.8) is 0 Å². The van der Waals surface area contributed by atoms with Gasteiger partial charge >= 0.3 is 5.97 Å². The van der Waals surface area contributed by atoms with Gasteiger partial charge in [0.15, 0.2) is 0 Å². The van der Waals surface area contributed by atoms with Crippen molar-refractivity contribution in [3.05, 3.63) is 17.0 Å². The molecule has 0 amide bonds. The van der Waals surface area contributed by atoms with E-state index in [1.807, 2.05) is 6.07 Å². The average Bonchev–Trinajstić information content (AvgIpc) is 2.35. The van der Waals surface area contributed by atoms with Crippen molar-refractivity contribution in [1.82, 2.24) is 0 Å². The van der Waals surface area contributed by atoms with E-state index in [0.29, 0.717) is 6.42 Å². The standard InChI is InChI=1S/C7H7BO2S/c1-10-7(9)4-5-2-3-6(8)11-5/h2-3H,4H2,1H3. The van der Waals surface area contributed by atoms with Crippen LogP contribution in [0.4, 0.5) is 0 Å². The van der Waals surface area contributed by atoms with E-state index in [0.717, 1.165) is 9.65 Å². The van der Waals surface area contributed by atoms with Gasteiger partial charge in [0.2, 0.25) is 0 Å². The smallest absolute Gasteiger partial charge is 0.310 e. The van der Waals surface area contributed by atoms with E-state index in [9.17, 15) is 4.79 Å². The van der Waals surface area contributed by atoms with Crippen LogP contribution in [0.15, 0.2) is 12.1 Å². The van der Waals surface area contributed by atoms with Gasteiger partial charge in [-0.2, -0.15) is 11.3 Å². The second-order valence-electron chi connectivity index (χ2n) is 2.06. The lowest BCUT2D eigenvalue weighted by Gasteiger charge is -1.93. The zero-order valence-electron chi connectivity index (χ0n) is 6.16. The molecule has 0 aliphatic heterocycles. The maximum absolute atomic E-state index is 10.7. The van der Waals surface area contributed by atoms with Crippen LogP contribution in [0.2, 0.25) is 0 Å². The summed E-state index contributed by atoms with van der Waals surface area (Å²) in [5.41, 5.74) is 0. The number of esters is 1. The van der Waals surface area contributed by atoms with Crippen LogP contribution in [-0.2, 0) is 16.0 Å². The van der Waals surface area contributed by atoms with Gasteiger partial charge in [-0.05, 0) is 10.8 Å². The first-order chi connectivity index (χ1) is 5.22. The van der Waals surface area contributed by atoms with Crippen LogP contribution in [0, 0.1) is 0 Å². The summed E-state index contributed by atoms with van der Waals surface area (Å²) in [6.07, 6.45) is 0.318. The Balaban J connectivity index is 2.57. The van der Waals surface area contributed by atoms with E-state index >= 15 is 0 Å². The highest BCUT2D eigenvalue weighted by molar-refractivity contribution is 7.20. The second kappa shape index (κ2) is 3.58. The molecule has 0 bridgehead atoms. The predicted octanol–water partition coefficient (Wildman–Crippen LogP) is 0.257. The van der Waals surface area contributed by atoms with Gasteiger partial charge in [0.05, 0.1) is 13.5 Å². The van der Waals surface area contributed by atoms with E-state index < -0.39 is 0 Å². The van der Waals surface area contributed by atoms with Gasteiger partial charge in [-0.1, -0.05) is 6.07 Å². The minimum absolute atomic E-state index is 0.230. The molecule has 1 aromatic rings. The van der Waals surface area contributed by atoms with Gasteiger partial charge in [-0.3, -0.25) is 4.79 Å². The van der Waals surface area contributed by atoms with E-state index in [1.165, 1.54) is 18.4 Å². The Labute approximate surface area is 70.6 Å². The lowest BCUT2D eigenvalue weighted by Crippen LogP contribution is -2.02. The summed E-state index contributed by atoms with van der Waals surface area (Å²) >= 11 is 1.41. The summed E-state index contributed by atoms with van der Waals surface area (Å²) in [5, 5.41) is 0. The molecule has 0 N–H and O–H groups in total. The van der Waals surface area contributed by atoms with Crippen LogP contribution < -0.4 is 4.78 Å². The summed E-state index contributed by atoms with van der Waals surface area (Å²) in [6.45, 7) is 0. The van der Waals surface area contributed by atoms with Crippen LogP contribution in [0.25, 0.3) is 0 Å². The Bertz CT molecular complexity index is 257. The number of methoxy groups -OCH3 is 1. The zero-order valence-corrected chi connectivity index (χ0v) is 6.98. The highest BCUT2D eigenvalue weighted by atomic mass is 32.1. The van der Waals surface area contributed by atoms with Crippen LogP contribution >= 0.6 is 11.3 Å². The molecular formula is C7H7BO2S. The van der Waals surface area contributed by atoms with Crippen LogP contribution in [-0.4, -0.2) is 20.9 Å². The average molecular weight is 166 g/mol. The minimum Gasteiger partial charge on any atom is -0.469 e. The normalized spacial score (nSPS) is 9.55. The number of carbonyl (C=O) groups excluding carboxylic acids is 1. The largest absolute Gasteiger partial charge is 0.469 e. The summed E-state index contributed by atoms with van der Waals surface area (Å²) in [5.74, 6) is -0.230. The Morgan fingerprint density at radius 2 is 2.45 bits per heavy atom. The van der Waals surface area contributed by atoms with Crippen molar-refractivity contribution in [3.8, 4) is 0 Å². The van der Waals surface area contributed by atoms with E-state index in [4.69, 9.17) is 7.85 Å². The molecule has 0 fully saturated rings. The highest BCUT2D eigenvalue weighted by Crippen LogP contribution is 2.06. The number of carbonyl (C=O) groups is 1. The molecule has 0 unspecified atom stereocenters. The fraction of sp³-hybridized carbons (Fsp3) is 0.286. The van der Waals surface area contributed by atoms with Gasteiger partial charge < -0.3 is 4.74 Å². The molecule has 11 heavy (non-hydrogen) atoms. The van der Waals surface area contributed by atoms with Crippen LogP contribution in [0.3, 0.4) is 0 Å². The summed E-state index contributed by atoms with van der Waals surface area (Å²) in [6, 6.07) is 3.61. The monoisotopic (exact) mass is 166 g/mol. The Morgan fingerprint density at radius 3 is 2.91 bits per heavy atom. The molecule has 56 valence electrons. The van der Waals surface area contributed by atoms with Gasteiger partial charge in [0.1, 0.15) is 7.85 Å². The SMILES string of the molecule is [B]c1ccc(CC(=O)OC)s1. The number of rotatable bonds is 2. The van der Waals surface area contributed by atoms with Crippen molar-refractivity contribution < 1.29 is 9.53 Å². The van der Waals surface area contributed by atoms with Gasteiger partial charge in [-0.15, -0.1) is 0 Å². The number of hydrogen-bond donors (Lipinski definition) is 0. The zero-order chi connectivity index (χ0) is 8.27. The van der Waals surface area contributed by atoms with Crippen LogP contribution in [0.1, 0.15) is 4.88 Å². The topological polar surface area (TPSA) is 26.3 Å². The molecule has 1 aromatic heterocycles. The molecule has 0 aliphatic rings. The molecule has 0 saturated heterocycles. The first-order valence-corrected chi connectivity index (χ1v) is 3.95. The lowest BCUT2D eigenvalue weighted by atomic mass is 10.1. The van der Waals surface area contributed by atoms with Crippen LogP contribution in [0.5, 0.6) is 0 Å². The molecule has 2 nitrogen and oxygen atoms in total. The molecule has 2 radical (unpaired) electrons. The first-order valence-electron chi connectivity index (χ1n) is 3.13. The van der Waals surface area contributed by atoms with Gasteiger partial charge in [0, 0.05) is 4.88 Å². The Morgan fingerprint density at radius 1 is 1.73 bits per heavy atom. The molecule has 1 heterocycles. The quantitative estimate of drug-likeness (QED) is 0.465. The molecule has 0 aromatic carbocycles. The Hall–Kier alpha value is -0.765. The summed E-state index contributed by atoms with van der Waals surface area (Å²) in [7, 11) is 6.84. The third-order valence-electron chi connectivity index (χ3n) is 1.23.